The Morgan fingerprint density at radius 2 is 1.70 bits per heavy atom. The summed E-state index contributed by atoms with van der Waals surface area (Å²) in [6.45, 7) is 0.491. The summed E-state index contributed by atoms with van der Waals surface area (Å²) < 4.78 is 22.6. The van der Waals surface area contributed by atoms with Crippen LogP contribution in [0.25, 0.3) is 0 Å². The van der Waals surface area contributed by atoms with Crippen molar-refractivity contribution in [2.45, 2.75) is 11.4 Å². The molecule has 0 saturated heterocycles. The third-order valence-corrected chi connectivity index (χ3v) is 4.16. The van der Waals surface area contributed by atoms with Gasteiger partial charge in [-0.3, -0.25) is 0 Å². The summed E-state index contributed by atoms with van der Waals surface area (Å²) in [6.07, 6.45) is 0. The zero-order valence-electron chi connectivity index (χ0n) is 10.3. The topological polar surface area (TPSA) is 72.2 Å². The Kier molecular flexibility index (Phi) is 4.55. The Bertz CT molecular complexity index is 716. The molecule has 0 spiro atoms. The third kappa shape index (κ3) is 3.86. The average Bonchev–Trinajstić information content (AvgIpc) is 2.38. The first-order valence-electron chi connectivity index (χ1n) is 5.67. The monoisotopic (exact) mass is 330 g/mol. The van der Waals surface area contributed by atoms with Gasteiger partial charge < -0.3 is 5.32 Å². The van der Waals surface area contributed by atoms with Crippen molar-refractivity contribution >= 4 is 38.9 Å². The van der Waals surface area contributed by atoms with Gasteiger partial charge in [0.25, 0.3) is 0 Å². The molecule has 7 heteroatoms. The highest BCUT2D eigenvalue weighted by Crippen LogP contribution is 2.25. The van der Waals surface area contributed by atoms with Crippen molar-refractivity contribution in [1.29, 1.82) is 0 Å². The minimum atomic E-state index is -3.75. The van der Waals surface area contributed by atoms with Crippen LogP contribution >= 0.6 is 23.2 Å². The van der Waals surface area contributed by atoms with Crippen LogP contribution in [0.2, 0.25) is 10.0 Å². The average molecular weight is 331 g/mol. The number of anilines is 1. The second-order valence-electron chi connectivity index (χ2n) is 4.17. The highest BCUT2D eigenvalue weighted by molar-refractivity contribution is 7.89. The number of rotatable bonds is 4. The fraction of sp³-hybridized carbons (Fsp3) is 0.0769. The Labute approximate surface area is 127 Å². The molecule has 0 saturated carbocycles. The number of sulfonamides is 1. The molecule has 2 aromatic carbocycles. The van der Waals surface area contributed by atoms with Gasteiger partial charge in [-0.05, 0) is 35.9 Å². The summed E-state index contributed by atoms with van der Waals surface area (Å²) in [6, 6.07) is 11.6. The van der Waals surface area contributed by atoms with Crippen molar-refractivity contribution in [3.63, 3.8) is 0 Å². The summed E-state index contributed by atoms with van der Waals surface area (Å²) in [5.74, 6) is 0. The van der Waals surface area contributed by atoms with E-state index in [0.29, 0.717) is 22.3 Å². The first kappa shape index (κ1) is 15.1. The third-order valence-electron chi connectivity index (χ3n) is 2.66. The van der Waals surface area contributed by atoms with E-state index >= 15 is 0 Å². The molecule has 0 aliphatic rings. The van der Waals surface area contributed by atoms with E-state index in [1.165, 1.54) is 18.2 Å². The minimum absolute atomic E-state index is 0.0144. The van der Waals surface area contributed by atoms with E-state index in [4.69, 9.17) is 28.3 Å². The van der Waals surface area contributed by atoms with Crippen molar-refractivity contribution in [2.75, 3.05) is 5.32 Å². The molecule has 2 rings (SSSR count). The van der Waals surface area contributed by atoms with Crippen LogP contribution in [0, 0.1) is 0 Å². The molecule has 0 aromatic heterocycles. The van der Waals surface area contributed by atoms with Crippen molar-refractivity contribution in [2.24, 2.45) is 5.14 Å². The van der Waals surface area contributed by atoms with Crippen LogP contribution in [0.4, 0.5) is 5.69 Å². The predicted molar refractivity (Wildman–Crippen MR) is 81.6 cm³/mol. The molecule has 0 aliphatic carbocycles. The van der Waals surface area contributed by atoms with E-state index in [0.717, 1.165) is 5.56 Å². The normalized spacial score (nSPS) is 11.3. The van der Waals surface area contributed by atoms with Crippen molar-refractivity contribution in [3.8, 4) is 0 Å². The van der Waals surface area contributed by atoms with Gasteiger partial charge in [-0.25, -0.2) is 13.6 Å². The minimum Gasteiger partial charge on any atom is -0.380 e. The van der Waals surface area contributed by atoms with E-state index in [9.17, 15) is 8.42 Å². The number of halogens is 2. The van der Waals surface area contributed by atoms with E-state index in [2.05, 4.69) is 5.32 Å². The largest absolute Gasteiger partial charge is 0.380 e. The lowest BCUT2D eigenvalue weighted by Crippen LogP contribution is -2.12. The lowest BCUT2D eigenvalue weighted by atomic mass is 10.2. The maximum absolute atomic E-state index is 11.3. The molecule has 106 valence electrons. The number of benzene rings is 2. The molecule has 0 unspecified atom stereocenters. The molecule has 3 N–H and O–H groups in total. The summed E-state index contributed by atoms with van der Waals surface area (Å²) >= 11 is 11.8. The van der Waals surface area contributed by atoms with Gasteiger partial charge >= 0.3 is 0 Å². The predicted octanol–water partition coefficient (Wildman–Crippen LogP) is 3.25. The summed E-state index contributed by atoms with van der Waals surface area (Å²) in [7, 11) is -3.75. The van der Waals surface area contributed by atoms with Crippen LogP contribution in [0.3, 0.4) is 0 Å². The van der Waals surface area contributed by atoms with Crippen LogP contribution in [0.5, 0.6) is 0 Å². The lowest BCUT2D eigenvalue weighted by molar-refractivity contribution is 0.598. The smallest absolute Gasteiger partial charge is 0.238 e. The fourth-order valence-electron chi connectivity index (χ4n) is 1.62. The molecular formula is C13H12Cl2N2O2S. The summed E-state index contributed by atoms with van der Waals surface area (Å²) in [4.78, 5) is 0.0144. The quantitative estimate of drug-likeness (QED) is 0.903. The number of nitrogens with one attached hydrogen (secondary N) is 1. The van der Waals surface area contributed by atoms with Crippen LogP contribution in [-0.4, -0.2) is 8.42 Å². The molecule has 0 heterocycles. The number of hydrogen-bond acceptors (Lipinski definition) is 3. The van der Waals surface area contributed by atoms with E-state index in [1.54, 1.807) is 12.1 Å². The Morgan fingerprint density at radius 1 is 1.05 bits per heavy atom. The zero-order chi connectivity index (χ0) is 14.8. The van der Waals surface area contributed by atoms with Gasteiger partial charge in [-0.15, -0.1) is 0 Å². The zero-order valence-corrected chi connectivity index (χ0v) is 12.6. The Balaban J connectivity index is 2.19. The SMILES string of the molecule is NS(=O)(=O)c1ccc(Cl)c(NCc2ccc(Cl)cc2)c1. The molecule has 0 aliphatic heterocycles. The highest BCUT2D eigenvalue weighted by atomic mass is 35.5. The van der Waals surface area contributed by atoms with Crippen molar-refractivity contribution in [3.05, 3.63) is 58.1 Å². The standard InChI is InChI=1S/C13H12Cl2N2O2S/c14-10-3-1-9(2-4-10)8-17-13-7-11(20(16,18)19)5-6-12(13)15/h1-7,17H,8H2,(H2,16,18,19). The number of nitrogens with two attached hydrogens (primary N) is 1. The molecule has 0 bridgehead atoms. The maximum Gasteiger partial charge on any atom is 0.238 e. The van der Waals surface area contributed by atoms with Gasteiger partial charge in [0.2, 0.25) is 10.0 Å². The fourth-order valence-corrected chi connectivity index (χ4v) is 2.47. The molecule has 2 aromatic rings. The Hall–Kier alpha value is -1.27. The Morgan fingerprint density at radius 3 is 2.30 bits per heavy atom. The summed E-state index contributed by atoms with van der Waals surface area (Å²) in [5.41, 5.74) is 1.50. The molecule has 4 nitrogen and oxygen atoms in total. The second-order valence-corrected chi connectivity index (χ2v) is 6.57. The molecule has 20 heavy (non-hydrogen) atoms. The van der Waals surface area contributed by atoms with Gasteiger partial charge in [-0.2, -0.15) is 0 Å². The van der Waals surface area contributed by atoms with Crippen LogP contribution < -0.4 is 10.5 Å². The molecule has 0 amide bonds. The number of primary sulfonamides is 1. The van der Waals surface area contributed by atoms with Gasteiger partial charge in [0.1, 0.15) is 0 Å². The number of hydrogen-bond donors (Lipinski definition) is 2. The first-order valence-corrected chi connectivity index (χ1v) is 7.97. The van der Waals surface area contributed by atoms with E-state index < -0.39 is 10.0 Å². The second kappa shape index (κ2) is 6.01. The van der Waals surface area contributed by atoms with Gasteiger partial charge in [0, 0.05) is 11.6 Å². The lowest BCUT2D eigenvalue weighted by Gasteiger charge is -2.10. The highest BCUT2D eigenvalue weighted by Gasteiger charge is 2.10. The summed E-state index contributed by atoms with van der Waals surface area (Å²) in [5, 5.41) is 9.23. The molecule has 0 atom stereocenters. The van der Waals surface area contributed by atoms with E-state index in [1.807, 2.05) is 12.1 Å². The molecule has 0 fully saturated rings. The van der Waals surface area contributed by atoms with Gasteiger partial charge in [0.15, 0.2) is 0 Å². The van der Waals surface area contributed by atoms with Crippen molar-refractivity contribution in [1.82, 2.24) is 0 Å². The van der Waals surface area contributed by atoms with Crippen LogP contribution in [0.15, 0.2) is 47.4 Å². The maximum atomic E-state index is 11.3. The molecule has 0 radical (unpaired) electrons. The van der Waals surface area contributed by atoms with Crippen LogP contribution in [0.1, 0.15) is 5.56 Å². The van der Waals surface area contributed by atoms with Crippen LogP contribution in [-0.2, 0) is 16.6 Å². The van der Waals surface area contributed by atoms with Gasteiger partial charge in [0.05, 0.1) is 15.6 Å². The van der Waals surface area contributed by atoms with Crippen molar-refractivity contribution < 1.29 is 8.42 Å². The van der Waals surface area contributed by atoms with E-state index in [-0.39, 0.29) is 4.90 Å². The van der Waals surface area contributed by atoms with Gasteiger partial charge in [-0.1, -0.05) is 35.3 Å². The molecular weight excluding hydrogens is 319 g/mol. The first-order chi connectivity index (χ1) is 9.36.